The van der Waals surface area contributed by atoms with Crippen LogP contribution in [0.3, 0.4) is 0 Å². The van der Waals surface area contributed by atoms with Crippen molar-refractivity contribution in [3.05, 3.63) is 29.3 Å². The molecule has 0 saturated carbocycles. The molecule has 1 aromatic rings. The Kier molecular flexibility index (Phi) is 2.46. The minimum atomic E-state index is -0.640. The van der Waals surface area contributed by atoms with Crippen molar-refractivity contribution in [1.82, 2.24) is 0 Å². The molecule has 11 heavy (non-hydrogen) atoms. The fraction of sp³-hybridized carbons (Fsp3) is 0.143. The second kappa shape index (κ2) is 3.19. The summed E-state index contributed by atoms with van der Waals surface area (Å²) in [5, 5.41) is 8.57. The average molecular weight is 176 g/mol. The monoisotopic (exact) mass is 176 g/mol. The van der Waals surface area contributed by atoms with Crippen LogP contribution in [0.25, 0.3) is 0 Å². The molecule has 4 heteroatoms. The van der Waals surface area contributed by atoms with Crippen LogP contribution in [0.1, 0.15) is 5.56 Å². The van der Waals surface area contributed by atoms with Crippen molar-refractivity contribution in [2.75, 3.05) is 0 Å². The maximum absolute atomic E-state index is 12.7. The molecule has 1 rings (SSSR count). The summed E-state index contributed by atoms with van der Waals surface area (Å²) < 4.78 is 25.2. The number of hydrogen-bond donors (Lipinski definition) is 2. The minimum Gasteiger partial charge on any atom is -0.392 e. The van der Waals surface area contributed by atoms with Gasteiger partial charge in [0.1, 0.15) is 11.6 Å². The molecule has 0 heterocycles. The summed E-state index contributed by atoms with van der Waals surface area (Å²) in [4.78, 5) is -0.132. The smallest absolute Gasteiger partial charge is 0.137 e. The Hall–Kier alpha value is -0.610. The van der Waals surface area contributed by atoms with Gasteiger partial charge in [-0.05, 0) is 12.1 Å². The van der Waals surface area contributed by atoms with Crippen LogP contribution < -0.4 is 0 Å². The van der Waals surface area contributed by atoms with Gasteiger partial charge in [-0.3, -0.25) is 0 Å². The summed E-state index contributed by atoms with van der Waals surface area (Å²) in [7, 11) is 0. The van der Waals surface area contributed by atoms with E-state index in [-0.39, 0.29) is 10.5 Å². The molecule has 0 aliphatic rings. The number of aliphatic hydroxyl groups is 1. The molecule has 0 spiro atoms. The van der Waals surface area contributed by atoms with Crippen LogP contribution in [0.4, 0.5) is 8.78 Å². The highest BCUT2D eigenvalue weighted by molar-refractivity contribution is 7.80. The summed E-state index contributed by atoms with van der Waals surface area (Å²) in [5.74, 6) is -1.27. The fourth-order valence-electron chi connectivity index (χ4n) is 0.734. The van der Waals surface area contributed by atoms with E-state index in [0.29, 0.717) is 0 Å². The number of thiol groups is 1. The molecule has 0 saturated heterocycles. The van der Waals surface area contributed by atoms with Gasteiger partial charge in [-0.25, -0.2) is 8.78 Å². The Balaban J connectivity index is 3.29. The van der Waals surface area contributed by atoms with Gasteiger partial charge >= 0.3 is 0 Å². The summed E-state index contributed by atoms with van der Waals surface area (Å²) in [6.45, 7) is -0.539. The molecule has 0 aromatic heterocycles. The van der Waals surface area contributed by atoms with Gasteiger partial charge in [-0.15, -0.1) is 12.6 Å². The molecule has 1 aromatic carbocycles. The third-order valence-electron chi connectivity index (χ3n) is 1.33. The van der Waals surface area contributed by atoms with Crippen molar-refractivity contribution in [3.8, 4) is 0 Å². The van der Waals surface area contributed by atoms with Gasteiger partial charge in [-0.2, -0.15) is 0 Å². The lowest BCUT2D eigenvalue weighted by Crippen LogP contribution is -1.94. The molecule has 0 radical (unpaired) electrons. The summed E-state index contributed by atoms with van der Waals surface area (Å²) in [6.07, 6.45) is 0. The van der Waals surface area contributed by atoms with Gasteiger partial charge in [-0.1, -0.05) is 0 Å². The van der Waals surface area contributed by atoms with Crippen molar-refractivity contribution in [2.45, 2.75) is 11.5 Å². The highest BCUT2D eigenvalue weighted by atomic mass is 32.1. The van der Waals surface area contributed by atoms with Crippen LogP contribution in [-0.2, 0) is 6.61 Å². The Labute approximate surface area is 68.1 Å². The third-order valence-corrected chi connectivity index (χ3v) is 1.82. The van der Waals surface area contributed by atoms with E-state index in [2.05, 4.69) is 12.6 Å². The van der Waals surface area contributed by atoms with E-state index in [1.165, 1.54) is 0 Å². The first-order chi connectivity index (χ1) is 5.16. The fourth-order valence-corrected chi connectivity index (χ4v) is 0.986. The Bertz CT molecular complexity index is 275. The van der Waals surface area contributed by atoms with Gasteiger partial charge < -0.3 is 5.11 Å². The molecule has 1 N–H and O–H groups in total. The molecule has 0 unspecified atom stereocenters. The number of rotatable bonds is 1. The van der Waals surface area contributed by atoms with Crippen LogP contribution in [0.2, 0.25) is 0 Å². The van der Waals surface area contributed by atoms with E-state index in [1.807, 2.05) is 0 Å². The van der Waals surface area contributed by atoms with E-state index in [4.69, 9.17) is 5.11 Å². The Morgan fingerprint density at radius 3 is 2.27 bits per heavy atom. The topological polar surface area (TPSA) is 20.2 Å². The first kappa shape index (κ1) is 8.49. The second-order valence-corrected chi connectivity index (χ2v) is 2.46. The lowest BCUT2D eigenvalue weighted by molar-refractivity contribution is 0.271. The molecule has 1 nitrogen and oxygen atoms in total. The number of hydrogen-bond acceptors (Lipinski definition) is 2. The van der Waals surface area contributed by atoms with Gasteiger partial charge in [0, 0.05) is 10.5 Å². The van der Waals surface area contributed by atoms with E-state index in [9.17, 15) is 8.78 Å². The Morgan fingerprint density at radius 1 is 1.27 bits per heavy atom. The predicted molar refractivity (Wildman–Crippen MR) is 39.5 cm³/mol. The first-order valence-electron chi connectivity index (χ1n) is 2.93. The second-order valence-electron chi connectivity index (χ2n) is 2.01. The molecule has 60 valence electrons. The van der Waals surface area contributed by atoms with Crippen molar-refractivity contribution >= 4 is 12.6 Å². The first-order valence-corrected chi connectivity index (χ1v) is 3.38. The normalized spacial score (nSPS) is 10.2. The molecular formula is C7H6F2OS. The van der Waals surface area contributed by atoms with E-state index in [1.54, 1.807) is 0 Å². The summed E-state index contributed by atoms with van der Waals surface area (Å²) in [6, 6.07) is 1.93. The average Bonchev–Trinajstić information content (AvgIpc) is 1.99. The minimum absolute atomic E-state index is 0.103. The molecule has 0 bridgehead atoms. The van der Waals surface area contributed by atoms with Crippen molar-refractivity contribution in [1.29, 1.82) is 0 Å². The molecule has 0 aliphatic heterocycles. The van der Waals surface area contributed by atoms with Gasteiger partial charge in [0.25, 0.3) is 0 Å². The van der Waals surface area contributed by atoms with E-state index >= 15 is 0 Å². The highest BCUT2D eigenvalue weighted by Crippen LogP contribution is 2.20. The largest absolute Gasteiger partial charge is 0.392 e. The lowest BCUT2D eigenvalue weighted by Gasteiger charge is -2.02. The Morgan fingerprint density at radius 2 is 1.82 bits per heavy atom. The van der Waals surface area contributed by atoms with Crippen LogP contribution in [0.15, 0.2) is 17.0 Å². The van der Waals surface area contributed by atoms with Crippen molar-refractivity contribution in [2.24, 2.45) is 0 Å². The molecule has 0 amide bonds. The maximum atomic E-state index is 12.7. The van der Waals surface area contributed by atoms with Crippen LogP contribution in [0, 0.1) is 11.6 Å². The molecule has 0 fully saturated rings. The highest BCUT2D eigenvalue weighted by Gasteiger charge is 2.08. The number of benzene rings is 1. The maximum Gasteiger partial charge on any atom is 0.137 e. The quantitative estimate of drug-likeness (QED) is 0.624. The zero-order valence-corrected chi connectivity index (χ0v) is 6.41. The van der Waals surface area contributed by atoms with Crippen LogP contribution in [0.5, 0.6) is 0 Å². The van der Waals surface area contributed by atoms with Gasteiger partial charge in [0.15, 0.2) is 0 Å². The zero-order chi connectivity index (χ0) is 8.43. The standard InChI is InChI=1S/C7H6F2OS/c8-5-1-2-6(9)7(11)4(5)3-10/h1-2,10-11H,3H2. The van der Waals surface area contributed by atoms with E-state index < -0.39 is 18.2 Å². The number of aliphatic hydroxyl groups excluding tert-OH is 1. The SMILES string of the molecule is OCc1c(F)ccc(F)c1S. The lowest BCUT2D eigenvalue weighted by atomic mass is 10.2. The summed E-state index contributed by atoms with van der Waals surface area (Å²) >= 11 is 3.69. The third kappa shape index (κ3) is 1.52. The van der Waals surface area contributed by atoms with Crippen LogP contribution >= 0.6 is 12.6 Å². The van der Waals surface area contributed by atoms with Gasteiger partial charge in [0.05, 0.1) is 6.61 Å². The van der Waals surface area contributed by atoms with Gasteiger partial charge in [0.2, 0.25) is 0 Å². The number of halogens is 2. The zero-order valence-electron chi connectivity index (χ0n) is 5.51. The predicted octanol–water partition coefficient (Wildman–Crippen LogP) is 1.75. The van der Waals surface area contributed by atoms with Crippen molar-refractivity contribution < 1.29 is 13.9 Å². The molecular weight excluding hydrogens is 170 g/mol. The summed E-state index contributed by atoms with van der Waals surface area (Å²) in [5.41, 5.74) is -0.103. The molecule has 0 atom stereocenters. The molecule has 0 aliphatic carbocycles. The van der Waals surface area contributed by atoms with E-state index in [0.717, 1.165) is 12.1 Å². The van der Waals surface area contributed by atoms with Crippen molar-refractivity contribution in [3.63, 3.8) is 0 Å². The van der Waals surface area contributed by atoms with Crippen LogP contribution in [-0.4, -0.2) is 5.11 Å².